The minimum absolute atomic E-state index is 0.00117. The fourth-order valence-corrected chi connectivity index (χ4v) is 1.73. The van der Waals surface area contributed by atoms with Crippen LogP contribution in [0.4, 0.5) is 13.2 Å². The molecule has 0 unspecified atom stereocenters. The van der Waals surface area contributed by atoms with Crippen molar-refractivity contribution in [2.24, 2.45) is 11.8 Å². The molecule has 0 aliphatic heterocycles. The summed E-state index contributed by atoms with van der Waals surface area (Å²) in [6, 6.07) is 0. The molecule has 98 valence electrons. The summed E-state index contributed by atoms with van der Waals surface area (Å²) in [4.78, 5) is 22.9. The Balaban J connectivity index is 2.59. The Morgan fingerprint density at radius 2 is 1.94 bits per heavy atom. The van der Waals surface area contributed by atoms with Crippen molar-refractivity contribution in [2.45, 2.75) is 25.9 Å². The maximum Gasteiger partial charge on any atom is 0.406 e. The second-order valence-electron chi connectivity index (χ2n) is 4.16. The van der Waals surface area contributed by atoms with Crippen LogP contribution in [0.3, 0.4) is 0 Å². The molecular formula is C10H14F3NO3. The molecule has 0 spiro atoms. The Kier molecular flexibility index (Phi) is 4.00. The number of carboxylic acid groups (broad SMARTS) is 1. The second-order valence-corrected chi connectivity index (χ2v) is 4.16. The number of halogens is 3. The molecule has 4 nitrogen and oxygen atoms in total. The lowest BCUT2D eigenvalue weighted by Gasteiger charge is -2.23. The van der Waals surface area contributed by atoms with Gasteiger partial charge in [0.1, 0.15) is 6.54 Å². The number of hydrogen-bond donors (Lipinski definition) is 1. The quantitative estimate of drug-likeness (QED) is 0.808. The molecule has 1 fully saturated rings. The molecule has 1 aliphatic carbocycles. The normalized spacial score (nSPS) is 23.3. The van der Waals surface area contributed by atoms with E-state index in [0.29, 0.717) is 11.3 Å². The minimum Gasteiger partial charge on any atom is -0.481 e. The molecule has 1 aliphatic rings. The molecule has 1 rings (SSSR count). The maximum absolute atomic E-state index is 12.2. The average Bonchev–Trinajstić information content (AvgIpc) is 2.93. The van der Waals surface area contributed by atoms with Crippen molar-refractivity contribution < 1.29 is 27.9 Å². The lowest BCUT2D eigenvalue weighted by Crippen LogP contribution is -2.40. The first kappa shape index (κ1) is 13.8. The van der Waals surface area contributed by atoms with Crippen LogP contribution in [0, 0.1) is 11.8 Å². The summed E-state index contributed by atoms with van der Waals surface area (Å²) in [5.74, 6) is -3.40. The first-order valence-corrected chi connectivity index (χ1v) is 5.34. The van der Waals surface area contributed by atoms with Crippen LogP contribution >= 0.6 is 0 Å². The fourth-order valence-electron chi connectivity index (χ4n) is 1.73. The number of carbonyl (C=O) groups excluding carboxylic acids is 1. The molecule has 0 aromatic rings. The standard InChI is InChI=1S/C10H14F3NO3/c1-2-3-14(5-10(11,12)13)8(15)6-4-7(6)9(16)17/h6-7H,2-5H2,1H3,(H,16,17)/t6-,7+/m1/s1. The third-order valence-electron chi connectivity index (χ3n) is 2.60. The van der Waals surface area contributed by atoms with Crippen molar-refractivity contribution in [3.05, 3.63) is 0 Å². The third kappa shape index (κ3) is 3.90. The van der Waals surface area contributed by atoms with Crippen LogP contribution in [0.5, 0.6) is 0 Å². The lowest BCUT2D eigenvalue weighted by atomic mass is 10.2. The van der Waals surface area contributed by atoms with Gasteiger partial charge in [0.2, 0.25) is 5.91 Å². The van der Waals surface area contributed by atoms with Gasteiger partial charge in [-0.05, 0) is 12.8 Å². The summed E-state index contributed by atoms with van der Waals surface area (Å²) in [6.07, 6.45) is -3.89. The van der Waals surface area contributed by atoms with Crippen LogP contribution in [0.15, 0.2) is 0 Å². The van der Waals surface area contributed by atoms with Gasteiger partial charge in [0, 0.05) is 6.54 Å². The topological polar surface area (TPSA) is 57.6 Å². The number of alkyl halides is 3. The first-order chi connectivity index (χ1) is 7.76. The first-order valence-electron chi connectivity index (χ1n) is 5.34. The van der Waals surface area contributed by atoms with Gasteiger partial charge in [0.15, 0.2) is 0 Å². The van der Waals surface area contributed by atoms with E-state index in [1.807, 2.05) is 0 Å². The molecule has 1 N–H and O–H groups in total. The highest BCUT2D eigenvalue weighted by Crippen LogP contribution is 2.40. The highest BCUT2D eigenvalue weighted by atomic mass is 19.4. The van der Waals surface area contributed by atoms with Crippen LogP contribution in [0.1, 0.15) is 19.8 Å². The lowest BCUT2D eigenvalue weighted by molar-refractivity contribution is -0.162. The highest BCUT2D eigenvalue weighted by molar-refractivity contribution is 5.89. The fraction of sp³-hybridized carbons (Fsp3) is 0.800. The third-order valence-corrected chi connectivity index (χ3v) is 2.60. The van der Waals surface area contributed by atoms with E-state index in [-0.39, 0.29) is 13.0 Å². The van der Waals surface area contributed by atoms with E-state index in [9.17, 15) is 22.8 Å². The van der Waals surface area contributed by atoms with Crippen molar-refractivity contribution in [3.8, 4) is 0 Å². The van der Waals surface area contributed by atoms with E-state index in [2.05, 4.69) is 0 Å². The zero-order chi connectivity index (χ0) is 13.2. The van der Waals surface area contributed by atoms with Gasteiger partial charge >= 0.3 is 12.1 Å². The molecule has 1 saturated carbocycles. The molecular weight excluding hydrogens is 239 g/mol. The summed E-state index contributed by atoms with van der Waals surface area (Å²) >= 11 is 0. The zero-order valence-corrected chi connectivity index (χ0v) is 9.33. The van der Waals surface area contributed by atoms with Gasteiger partial charge in [-0.1, -0.05) is 6.92 Å². The van der Waals surface area contributed by atoms with Gasteiger partial charge in [-0.3, -0.25) is 9.59 Å². The van der Waals surface area contributed by atoms with E-state index < -0.39 is 36.4 Å². The monoisotopic (exact) mass is 253 g/mol. The van der Waals surface area contributed by atoms with Crippen LogP contribution in [0.25, 0.3) is 0 Å². The smallest absolute Gasteiger partial charge is 0.406 e. The largest absolute Gasteiger partial charge is 0.481 e. The van der Waals surface area contributed by atoms with Crippen LogP contribution in [-0.4, -0.2) is 41.1 Å². The summed E-state index contributed by atoms with van der Waals surface area (Å²) in [7, 11) is 0. The second kappa shape index (κ2) is 4.93. The van der Waals surface area contributed by atoms with Gasteiger partial charge < -0.3 is 10.0 Å². The van der Waals surface area contributed by atoms with Gasteiger partial charge in [-0.15, -0.1) is 0 Å². The number of carbonyl (C=O) groups is 2. The molecule has 0 heterocycles. The molecule has 0 aromatic heterocycles. The number of carboxylic acids is 1. The van der Waals surface area contributed by atoms with Gasteiger partial charge in [0.25, 0.3) is 0 Å². The Morgan fingerprint density at radius 1 is 1.35 bits per heavy atom. The molecule has 2 atom stereocenters. The van der Waals surface area contributed by atoms with E-state index in [1.165, 1.54) is 0 Å². The molecule has 0 aromatic carbocycles. The Hall–Kier alpha value is -1.27. The maximum atomic E-state index is 12.2. The Morgan fingerprint density at radius 3 is 2.29 bits per heavy atom. The molecule has 1 amide bonds. The minimum atomic E-state index is -4.45. The van der Waals surface area contributed by atoms with Crippen molar-refractivity contribution in [1.82, 2.24) is 4.90 Å². The predicted molar refractivity (Wildman–Crippen MR) is 52.2 cm³/mol. The molecule has 17 heavy (non-hydrogen) atoms. The van der Waals surface area contributed by atoms with Crippen LogP contribution < -0.4 is 0 Å². The zero-order valence-electron chi connectivity index (χ0n) is 9.33. The van der Waals surface area contributed by atoms with E-state index in [4.69, 9.17) is 5.11 Å². The SMILES string of the molecule is CCCN(CC(F)(F)F)C(=O)[C@@H]1C[C@@H]1C(=O)O. The predicted octanol–water partition coefficient (Wildman–Crippen LogP) is 1.51. The average molecular weight is 253 g/mol. The van der Waals surface area contributed by atoms with Crippen LogP contribution in [0.2, 0.25) is 0 Å². The van der Waals surface area contributed by atoms with Crippen molar-refractivity contribution in [2.75, 3.05) is 13.1 Å². The van der Waals surface area contributed by atoms with Crippen LogP contribution in [-0.2, 0) is 9.59 Å². The summed E-state index contributed by atoms with van der Waals surface area (Å²) in [5.41, 5.74) is 0. The van der Waals surface area contributed by atoms with Crippen molar-refractivity contribution in [3.63, 3.8) is 0 Å². The van der Waals surface area contributed by atoms with E-state index >= 15 is 0 Å². The van der Waals surface area contributed by atoms with Gasteiger partial charge in [-0.25, -0.2) is 0 Å². The summed E-state index contributed by atoms with van der Waals surface area (Å²) < 4.78 is 36.7. The van der Waals surface area contributed by atoms with E-state index in [0.717, 1.165) is 0 Å². The number of nitrogens with zero attached hydrogens (tertiary/aromatic N) is 1. The molecule has 7 heteroatoms. The number of hydrogen-bond acceptors (Lipinski definition) is 2. The molecule has 0 bridgehead atoms. The number of rotatable bonds is 5. The highest BCUT2D eigenvalue weighted by Gasteiger charge is 2.50. The number of aliphatic carboxylic acids is 1. The Labute approximate surface area is 96.4 Å². The summed E-state index contributed by atoms with van der Waals surface area (Å²) in [6.45, 7) is 0.363. The Bertz CT molecular complexity index is 316. The number of amides is 1. The van der Waals surface area contributed by atoms with Gasteiger partial charge in [-0.2, -0.15) is 13.2 Å². The molecule has 0 saturated heterocycles. The van der Waals surface area contributed by atoms with Crippen molar-refractivity contribution >= 4 is 11.9 Å². The van der Waals surface area contributed by atoms with Gasteiger partial charge in [0.05, 0.1) is 11.8 Å². The molecule has 0 radical (unpaired) electrons. The van der Waals surface area contributed by atoms with E-state index in [1.54, 1.807) is 6.92 Å². The van der Waals surface area contributed by atoms with Crippen molar-refractivity contribution in [1.29, 1.82) is 0 Å². The summed E-state index contributed by atoms with van der Waals surface area (Å²) in [5, 5.41) is 8.62.